The van der Waals surface area contributed by atoms with Crippen LogP contribution in [0.3, 0.4) is 0 Å². The van der Waals surface area contributed by atoms with Crippen LogP contribution in [0.2, 0.25) is 0 Å². The number of carbonyl (C=O) groups excluding carboxylic acids is 1. The second-order valence-electron chi connectivity index (χ2n) is 4.86. The third-order valence-electron chi connectivity index (χ3n) is 3.63. The first kappa shape index (κ1) is 13.0. The predicted octanol–water partition coefficient (Wildman–Crippen LogP) is 1.54. The molecule has 0 saturated carbocycles. The molecule has 1 saturated heterocycles. The first-order valence-corrected chi connectivity index (χ1v) is 6.65. The average Bonchev–Trinajstić information content (AvgIpc) is 2.46. The fourth-order valence-corrected chi connectivity index (χ4v) is 2.45. The lowest BCUT2D eigenvalue weighted by Crippen LogP contribution is -2.38. The minimum Gasteiger partial charge on any atom is -0.339 e. The number of aromatic nitrogens is 1. The van der Waals surface area contributed by atoms with Gasteiger partial charge in [-0.25, -0.2) is 0 Å². The molecule has 1 aromatic heterocycles. The second-order valence-corrected chi connectivity index (χ2v) is 4.86. The third kappa shape index (κ3) is 3.29. The minimum atomic E-state index is 0.143. The van der Waals surface area contributed by atoms with Crippen molar-refractivity contribution in [2.75, 3.05) is 26.7 Å². The summed E-state index contributed by atoms with van der Waals surface area (Å²) in [7, 11) is 1.99. The molecule has 2 heterocycles. The summed E-state index contributed by atoms with van der Waals surface area (Å²) in [4.78, 5) is 18.1. The maximum absolute atomic E-state index is 12.2. The number of hydrogen-bond donors (Lipinski definition) is 1. The summed E-state index contributed by atoms with van der Waals surface area (Å²) < 4.78 is 0. The van der Waals surface area contributed by atoms with Crippen molar-refractivity contribution in [2.45, 2.75) is 19.3 Å². The minimum absolute atomic E-state index is 0.143. The second kappa shape index (κ2) is 6.50. The molecule has 0 spiro atoms. The zero-order chi connectivity index (χ0) is 12.8. The van der Waals surface area contributed by atoms with Gasteiger partial charge in [-0.15, -0.1) is 0 Å². The van der Waals surface area contributed by atoms with Crippen molar-refractivity contribution in [3.63, 3.8) is 0 Å². The lowest BCUT2D eigenvalue weighted by Gasteiger charge is -2.32. The Hall–Kier alpha value is -1.42. The fraction of sp³-hybridized carbons (Fsp3) is 0.571. The molecule has 1 fully saturated rings. The van der Waals surface area contributed by atoms with Crippen LogP contribution in [0.25, 0.3) is 0 Å². The maximum Gasteiger partial charge on any atom is 0.253 e. The summed E-state index contributed by atoms with van der Waals surface area (Å²) in [5.74, 6) is 0.906. The molecule has 0 unspecified atom stereocenters. The first-order chi connectivity index (χ1) is 8.81. The third-order valence-corrected chi connectivity index (χ3v) is 3.63. The van der Waals surface area contributed by atoms with E-state index in [1.807, 2.05) is 11.9 Å². The van der Waals surface area contributed by atoms with E-state index in [-0.39, 0.29) is 5.91 Å². The van der Waals surface area contributed by atoms with E-state index in [2.05, 4.69) is 10.3 Å². The number of nitrogens with zero attached hydrogens (tertiary/aromatic N) is 2. The zero-order valence-corrected chi connectivity index (χ0v) is 10.9. The van der Waals surface area contributed by atoms with Gasteiger partial charge in [0, 0.05) is 31.0 Å². The smallest absolute Gasteiger partial charge is 0.253 e. The summed E-state index contributed by atoms with van der Waals surface area (Å²) in [6.07, 6.45) is 6.81. The molecule has 0 atom stereocenters. The van der Waals surface area contributed by atoms with Crippen LogP contribution >= 0.6 is 0 Å². The molecule has 98 valence electrons. The molecule has 0 aliphatic carbocycles. The number of amides is 1. The van der Waals surface area contributed by atoms with Gasteiger partial charge in [0.1, 0.15) is 0 Å². The molecule has 1 aromatic rings. The van der Waals surface area contributed by atoms with Crippen molar-refractivity contribution >= 4 is 5.91 Å². The topological polar surface area (TPSA) is 45.2 Å². The summed E-state index contributed by atoms with van der Waals surface area (Å²) in [6.45, 7) is 2.84. The molecule has 0 aromatic carbocycles. The number of pyridine rings is 1. The Morgan fingerprint density at radius 2 is 2.06 bits per heavy atom. The quantitative estimate of drug-likeness (QED) is 0.878. The van der Waals surface area contributed by atoms with Gasteiger partial charge in [0.05, 0.1) is 0 Å². The molecule has 4 heteroatoms. The van der Waals surface area contributed by atoms with Crippen molar-refractivity contribution in [1.29, 1.82) is 0 Å². The molecule has 1 aliphatic rings. The van der Waals surface area contributed by atoms with Gasteiger partial charge < -0.3 is 10.2 Å². The number of carbonyl (C=O) groups is 1. The molecule has 1 N–H and O–H groups in total. The van der Waals surface area contributed by atoms with Crippen molar-refractivity contribution in [3.05, 3.63) is 30.1 Å². The van der Waals surface area contributed by atoms with Gasteiger partial charge in [-0.2, -0.15) is 0 Å². The number of rotatable bonds is 4. The highest BCUT2D eigenvalue weighted by molar-refractivity contribution is 5.94. The number of nitrogens with one attached hydrogen (secondary N) is 1. The van der Waals surface area contributed by atoms with Crippen LogP contribution in [-0.4, -0.2) is 42.5 Å². The monoisotopic (exact) mass is 247 g/mol. The van der Waals surface area contributed by atoms with Gasteiger partial charge in [0.15, 0.2) is 0 Å². The molecule has 18 heavy (non-hydrogen) atoms. The molecule has 4 nitrogen and oxygen atoms in total. The van der Waals surface area contributed by atoms with Crippen molar-refractivity contribution in [2.24, 2.45) is 5.92 Å². The van der Waals surface area contributed by atoms with E-state index in [0.717, 1.165) is 44.0 Å². The molecule has 1 amide bonds. The average molecular weight is 247 g/mol. The van der Waals surface area contributed by atoms with Crippen molar-refractivity contribution in [1.82, 2.24) is 15.2 Å². The van der Waals surface area contributed by atoms with Gasteiger partial charge in [0.25, 0.3) is 5.91 Å². The Kier molecular flexibility index (Phi) is 4.70. The fourth-order valence-electron chi connectivity index (χ4n) is 2.45. The Labute approximate surface area is 108 Å². The predicted molar refractivity (Wildman–Crippen MR) is 71.4 cm³/mol. The zero-order valence-electron chi connectivity index (χ0n) is 10.9. The van der Waals surface area contributed by atoms with E-state index < -0.39 is 0 Å². The Balaban J connectivity index is 1.84. The van der Waals surface area contributed by atoms with Gasteiger partial charge >= 0.3 is 0 Å². The highest BCUT2D eigenvalue weighted by Gasteiger charge is 2.23. The first-order valence-electron chi connectivity index (χ1n) is 6.65. The standard InChI is InChI=1S/C14H21N3O/c1-15-7-2-12-5-10-17(11-6-12)14(18)13-3-8-16-9-4-13/h3-4,8-9,12,15H,2,5-7,10-11H2,1H3. The molecule has 1 aliphatic heterocycles. The van der Waals surface area contributed by atoms with E-state index in [1.54, 1.807) is 24.5 Å². The number of hydrogen-bond acceptors (Lipinski definition) is 3. The van der Waals surface area contributed by atoms with Gasteiger partial charge in [-0.3, -0.25) is 9.78 Å². The van der Waals surface area contributed by atoms with Crippen LogP contribution in [0.15, 0.2) is 24.5 Å². The Morgan fingerprint density at radius 3 is 2.67 bits per heavy atom. The van der Waals surface area contributed by atoms with Crippen molar-refractivity contribution in [3.8, 4) is 0 Å². The number of piperidine rings is 1. The SMILES string of the molecule is CNCCC1CCN(C(=O)c2ccncc2)CC1. The molecule has 0 radical (unpaired) electrons. The van der Waals surface area contributed by atoms with E-state index in [0.29, 0.717) is 0 Å². The maximum atomic E-state index is 12.2. The highest BCUT2D eigenvalue weighted by atomic mass is 16.2. The van der Waals surface area contributed by atoms with E-state index in [9.17, 15) is 4.79 Å². The lowest BCUT2D eigenvalue weighted by atomic mass is 9.93. The summed E-state index contributed by atoms with van der Waals surface area (Å²) in [5.41, 5.74) is 0.749. The highest BCUT2D eigenvalue weighted by Crippen LogP contribution is 2.21. The van der Waals surface area contributed by atoms with Crippen LogP contribution < -0.4 is 5.32 Å². The molecule has 0 bridgehead atoms. The molecular formula is C14H21N3O. The van der Waals surface area contributed by atoms with E-state index >= 15 is 0 Å². The molecule has 2 rings (SSSR count). The van der Waals surface area contributed by atoms with E-state index in [4.69, 9.17) is 0 Å². The van der Waals surface area contributed by atoms with Crippen LogP contribution in [-0.2, 0) is 0 Å². The van der Waals surface area contributed by atoms with Crippen LogP contribution in [0, 0.1) is 5.92 Å². The summed E-state index contributed by atoms with van der Waals surface area (Å²) in [5, 5.41) is 3.19. The normalized spacial score (nSPS) is 16.8. The summed E-state index contributed by atoms with van der Waals surface area (Å²) >= 11 is 0. The number of likely N-dealkylation sites (tertiary alicyclic amines) is 1. The molecular weight excluding hydrogens is 226 g/mol. The Bertz CT molecular complexity index is 372. The Morgan fingerprint density at radius 1 is 1.39 bits per heavy atom. The van der Waals surface area contributed by atoms with Gasteiger partial charge in [-0.05, 0) is 50.9 Å². The van der Waals surface area contributed by atoms with Gasteiger partial charge in [-0.1, -0.05) is 0 Å². The van der Waals surface area contributed by atoms with Crippen LogP contribution in [0.1, 0.15) is 29.6 Å². The van der Waals surface area contributed by atoms with Crippen LogP contribution in [0.4, 0.5) is 0 Å². The van der Waals surface area contributed by atoms with E-state index in [1.165, 1.54) is 6.42 Å². The van der Waals surface area contributed by atoms with Gasteiger partial charge in [0.2, 0.25) is 0 Å². The summed E-state index contributed by atoms with van der Waals surface area (Å²) in [6, 6.07) is 3.57. The van der Waals surface area contributed by atoms with Crippen LogP contribution in [0.5, 0.6) is 0 Å². The van der Waals surface area contributed by atoms with Crippen molar-refractivity contribution < 1.29 is 4.79 Å². The lowest BCUT2D eigenvalue weighted by molar-refractivity contribution is 0.0687. The largest absolute Gasteiger partial charge is 0.339 e.